The second kappa shape index (κ2) is 5.66. The topological polar surface area (TPSA) is 60.2 Å². The molecule has 1 aromatic rings. The van der Waals surface area contributed by atoms with Crippen LogP contribution in [0.15, 0.2) is 4.52 Å². The van der Waals surface area contributed by atoms with Gasteiger partial charge in [0.2, 0.25) is 11.7 Å². The standard InChI is InChI=1S/C14H21N3O2S/c1-2-11-6-9(5-10(1)15-11)7-13-16-14(17-19-13)12-8-20-4-3-18-12/h9-12,15H,1-8H2. The van der Waals surface area contributed by atoms with Gasteiger partial charge in [-0.1, -0.05) is 5.16 Å². The van der Waals surface area contributed by atoms with Gasteiger partial charge in [-0.15, -0.1) is 0 Å². The van der Waals surface area contributed by atoms with Crippen LogP contribution in [0.25, 0.3) is 0 Å². The largest absolute Gasteiger partial charge is 0.368 e. The molecular formula is C14H21N3O2S. The summed E-state index contributed by atoms with van der Waals surface area (Å²) in [5, 5.41) is 7.79. The van der Waals surface area contributed by atoms with Crippen molar-refractivity contribution in [2.75, 3.05) is 18.1 Å². The lowest BCUT2D eigenvalue weighted by Crippen LogP contribution is -2.38. The summed E-state index contributed by atoms with van der Waals surface area (Å²) < 4.78 is 11.1. The summed E-state index contributed by atoms with van der Waals surface area (Å²) in [7, 11) is 0. The Morgan fingerprint density at radius 3 is 2.85 bits per heavy atom. The summed E-state index contributed by atoms with van der Waals surface area (Å²) in [6, 6.07) is 1.44. The van der Waals surface area contributed by atoms with Crippen molar-refractivity contribution in [3.63, 3.8) is 0 Å². The van der Waals surface area contributed by atoms with Crippen molar-refractivity contribution in [1.29, 1.82) is 0 Å². The predicted octanol–water partition coefficient (Wildman–Crippen LogP) is 1.95. The zero-order valence-electron chi connectivity index (χ0n) is 11.6. The van der Waals surface area contributed by atoms with Gasteiger partial charge in [-0.25, -0.2) is 0 Å². The highest BCUT2D eigenvalue weighted by molar-refractivity contribution is 7.99. The Kier molecular flexibility index (Phi) is 3.70. The van der Waals surface area contributed by atoms with Crippen molar-refractivity contribution in [2.45, 2.75) is 50.3 Å². The maximum Gasteiger partial charge on any atom is 0.227 e. The fraction of sp³-hybridized carbons (Fsp3) is 0.857. The Morgan fingerprint density at radius 2 is 2.10 bits per heavy atom. The van der Waals surface area contributed by atoms with Crippen LogP contribution in [0.2, 0.25) is 0 Å². The van der Waals surface area contributed by atoms with Crippen LogP contribution in [0.3, 0.4) is 0 Å². The van der Waals surface area contributed by atoms with Crippen LogP contribution in [-0.4, -0.2) is 40.3 Å². The molecule has 1 aromatic heterocycles. The highest BCUT2D eigenvalue weighted by atomic mass is 32.2. The molecule has 3 aliphatic heterocycles. The number of nitrogens with zero attached hydrogens (tertiary/aromatic N) is 2. The summed E-state index contributed by atoms with van der Waals surface area (Å²) in [4.78, 5) is 4.56. The first-order chi connectivity index (χ1) is 9.87. The van der Waals surface area contributed by atoms with Crippen LogP contribution in [0.1, 0.15) is 43.5 Å². The highest BCUT2D eigenvalue weighted by Crippen LogP contribution is 2.33. The van der Waals surface area contributed by atoms with E-state index in [0.717, 1.165) is 48.3 Å². The molecule has 0 radical (unpaired) electrons. The van der Waals surface area contributed by atoms with Crippen LogP contribution in [0, 0.1) is 5.92 Å². The molecule has 0 spiro atoms. The first-order valence-corrected chi connectivity index (χ1v) is 8.80. The quantitative estimate of drug-likeness (QED) is 0.919. The van der Waals surface area contributed by atoms with Crippen LogP contribution in [0.5, 0.6) is 0 Å². The molecule has 2 bridgehead atoms. The van der Waals surface area contributed by atoms with Crippen molar-refractivity contribution < 1.29 is 9.26 Å². The highest BCUT2D eigenvalue weighted by Gasteiger charge is 2.34. The number of fused-ring (bicyclic) bond motifs is 2. The molecule has 3 aliphatic rings. The maximum atomic E-state index is 5.70. The number of hydrogen-bond donors (Lipinski definition) is 1. The molecule has 0 aliphatic carbocycles. The third kappa shape index (κ3) is 2.73. The average Bonchev–Trinajstić information content (AvgIpc) is 3.07. The molecule has 0 saturated carbocycles. The van der Waals surface area contributed by atoms with E-state index in [1.807, 2.05) is 11.8 Å². The molecule has 0 aromatic carbocycles. The van der Waals surface area contributed by atoms with Crippen LogP contribution in [-0.2, 0) is 11.2 Å². The number of nitrogens with one attached hydrogen (secondary N) is 1. The van der Waals surface area contributed by atoms with Gasteiger partial charge >= 0.3 is 0 Å². The molecule has 6 heteroatoms. The van der Waals surface area contributed by atoms with Gasteiger partial charge in [-0.05, 0) is 31.6 Å². The Bertz CT molecular complexity index is 449. The summed E-state index contributed by atoms with van der Waals surface area (Å²) in [6.07, 6.45) is 6.14. The van der Waals surface area contributed by atoms with E-state index in [-0.39, 0.29) is 6.10 Å². The van der Waals surface area contributed by atoms with E-state index in [4.69, 9.17) is 9.26 Å². The van der Waals surface area contributed by atoms with Crippen LogP contribution in [0.4, 0.5) is 0 Å². The fourth-order valence-corrected chi connectivity index (χ4v) is 4.55. The summed E-state index contributed by atoms with van der Waals surface area (Å²) in [5.74, 6) is 4.24. The van der Waals surface area contributed by atoms with Gasteiger partial charge in [0.1, 0.15) is 6.10 Å². The number of aromatic nitrogens is 2. The predicted molar refractivity (Wildman–Crippen MR) is 76.7 cm³/mol. The number of ether oxygens (including phenoxy) is 1. The van der Waals surface area contributed by atoms with Crippen molar-refractivity contribution in [2.24, 2.45) is 5.92 Å². The SMILES string of the molecule is C1CSCC(c2noc(CC3CC4CCC(C3)N4)n2)O1. The molecule has 3 saturated heterocycles. The van der Waals surface area contributed by atoms with Crippen molar-refractivity contribution in [3.05, 3.63) is 11.7 Å². The van der Waals surface area contributed by atoms with E-state index >= 15 is 0 Å². The molecule has 20 heavy (non-hydrogen) atoms. The molecule has 3 atom stereocenters. The summed E-state index contributed by atoms with van der Waals surface area (Å²) in [6.45, 7) is 0.789. The maximum absolute atomic E-state index is 5.70. The molecule has 4 rings (SSSR count). The smallest absolute Gasteiger partial charge is 0.227 e. The molecule has 3 unspecified atom stereocenters. The van der Waals surface area contributed by atoms with Crippen molar-refractivity contribution >= 4 is 11.8 Å². The average molecular weight is 295 g/mol. The van der Waals surface area contributed by atoms with Gasteiger partial charge in [0.25, 0.3) is 0 Å². The molecule has 3 fully saturated rings. The van der Waals surface area contributed by atoms with Gasteiger partial charge < -0.3 is 14.6 Å². The third-order valence-electron chi connectivity index (χ3n) is 4.62. The van der Waals surface area contributed by atoms with Crippen LogP contribution < -0.4 is 5.32 Å². The minimum absolute atomic E-state index is 0.0236. The number of thioether (sulfide) groups is 1. The van der Waals surface area contributed by atoms with E-state index in [1.54, 1.807) is 0 Å². The first kappa shape index (κ1) is 13.1. The second-order valence-corrected chi connectivity index (χ2v) is 7.31. The lowest BCUT2D eigenvalue weighted by atomic mass is 9.90. The summed E-state index contributed by atoms with van der Waals surface area (Å²) >= 11 is 1.90. The number of piperidine rings is 1. The van der Waals surface area contributed by atoms with Crippen LogP contribution >= 0.6 is 11.8 Å². The molecule has 1 N–H and O–H groups in total. The fourth-order valence-electron chi connectivity index (χ4n) is 3.71. The third-order valence-corrected chi connectivity index (χ3v) is 5.62. The van der Waals surface area contributed by atoms with E-state index < -0.39 is 0 Å². The van der Waals surface area contributed by atoms with Gasteiger partial charge in [0.05, 0.1) is 6.61 Å². The Labute approximate surface area is 123 Å². The minimum Gasteiger partial charge on any atom is -0.368 e. The van der Waals surface area contributed by atoms with Gasteiger partial charge in [0.15, 0.2) is 0 Å². The monoisotopic (exact) mass is 295 g/mol. The zero-order chi connectivity index (χ0) is 13.4. The zero-order valence-corrected chi connectivity index (χ0v) is 12.4. The van der Waals surface area contributed by atoms with Gasteiger partial charge in [0, 0.05) is 30.0 Å². The Morgan fingerprint density at radius 1 is 1.25 bits per heavy atom. The van der Waals surface area contributed by atoms with E-state index in [1.165, 1.54) is 25.7 Å². The lowest BCUT2D eigenvalue weighted by molar-refractivity contribution is 0.0677. The number of rotatable bonds is 3. The summed E-state index contributed by atoms with van der Waals surface area (Å²) in [5.41, 5.74) is 0. The van der Waals surface area contributed by atoms with E-state index in [9.17, 15) is 0 Å². The Hall–Kier alpha value is -0.590. The van der Waals surface area contributed by atoms with E-state index in [0.29, 0.717) is 5.92 Å². The molecule has 110 valence electrons. The molecule has 5 nitrogen and oxygen atoms in total. The second-order valence-electron chi connectivity index (χ2n) is 6.16. The molecule has 0 amide bonds. The van der Waals surface area contributed by atoms with Crippen molar-refractivity contribution in [1.82, 2.24) is 15.5 Å². The number of hydrogen-bond acceptors (Lipinski definition) is 6. The molecular weight excluding hydrogens is 274 g/mol. The van der Waals surface area contributed by atoms with E-state index in [2.05, 4.69) is 15.5 Å². The van der Waals surface area contributed by atoms with Gasteiger partial charge in [-0.3, -0.25) is 0 Å². The van der Waals surface area contributed by atoms with Gasteiger partial charge in [-0.2, -0.15) is 16.7 Å². The lowest BCUT2D eigenvalue weighted by Gasteiger charge is -2.28. The first-order valence-electron chi connectivity index (χ1n) is 7.64. The molecule has 4 heterocycles. The minimum atomic E-state index is 0.0236. The van der Waals surface area contributed by atoms with Crippen molar-refractivity contribution in [3.8, 4) is 0 Å². The Balaban J connectivity index is 1.38. The normalized spacial score (nSPS) is 37.2.